The third-order valence-electron chi connectivity index (χ3n) is 3.27. The van der Waals surface area contributed by atoms with Gasteiger partial charge in [-0.25, -0.2) is 13.1 Å². The van der Waals surface area contributed by atoms with E-state index in [1.165, 1.54) is 0 Å². The number of carbonyl (C=O) groups is 1. The molecule has 9 heteroatoms. The van der Waals surface area contributed by atoms with E-state index >= 15 is 0 Å². The maximum atomic E-state index is 12.3. The number of aryl methyl sites for hydroxylation is 1. The molecule has 2 rings (SSSR count). The summed E-state index contributed by atoms with van der Waals surface area (Å²) >= 11 is 0.835. The van der Waals surface area contributed by atoms with Gasteiger partial charge in [-0.2, -0.15) is 0 Å². The summed E-state index contributed by atoms with van der Waals surface area (Å²) in [7, 11) is -3.74. The molecule has 0 saturated carbocycles. The second-order valence-electron chi connectivity index (χ2n) is 5.32. The zero-order valence-electron chi connectivity index (χ0n) is 13.5. The van der Waals surface area contributed by atoms with Crippen molar-refractivity contribution in [3.63, 3.8) is 0 Å². The van der Waals surface area contributed by atoms with Gasteiger partial charge in [0.25, 0.3) is 10.0 Å². The first kappa shape index (κ1) is 18.5. The summed E-state index contributed by atoms with van der Waals surface area (Å²) in [5.41, 5.74) is 1.16. The molecule has 0 unspecified atom stereocenters. The molecule has 2 N–H and O–H groups in total. The molecular formula is C15H20N4O3S2. The lowest BCUT2D eigenvalue weighted by molar-refractivity contribution is -0.115. The lowest BCUT2D eigenvalue weighted by Crippen LogP contribution is -2.32. The number of carbonyl (C=O) groups excluding carboxylic acids is 1. The van der Waals surface area contributed by atoms with Gasteiger partial charge in [0.15, 0.2) is 0 Å². The molecule has 0 radical (unpaired) electrons. The molecule has 0 fully saturated rings. The molecule has 1 atom stereocenters. The van der Waals surface area contributed by atoms with Gasteiger partial charge in [-0.1, -0.05) is 48.6 Å². The van der Waals surface area contributed by atoms with E-state index in [9.17, 15) is 13.2 Å². The highest BCUT2D eigenvalue weighted by atomic mass is 32.2. The zero-order chi connectivity index (χ0) is 17.6. The van der Waals surface area contributed by atoms with E-state index in [4.69, 9.17) is 0 Å². The minimum atomic E-state index is -3.74. The zero-order valence-corrected chi connectivity index (χ0v) is 15.2. The largest absolute Gasteiger partial charge is 0.301 e. The van der Waals surface area contributed by atoms with Crippen LogP contribution in [-0.2, 0) is 21.2 Å². The first-order valence-electron chi connectivity index (χ1n) is 7.60. The van der Waals surface area contributed by atoms with Crippen LogP contribution >= 0.6 is 11.3 Å². The first-order chi connectivity index (χ1) is 11.4. The van der Waals surface area contributed by atoms with Gasteiger partial charge in [0, 0.05) is 12.5 Å². The highest BCUT2D eigenvalue weighted by Gasteiger charge is 2.22. The van der Waals surface area contributed by atoms with Gasteiger partial charge in [-0.05, 0) is 25.3 Å². The monoisotopic (exact) mass is 368 g/mol. The number of aromatic nitrogens is 2. The third kappa shape index (κ3) is 5.36. The normalized spacial score (nSPS) is 12.8. The van der Waals surface area contributed by atoms with E-state index in [1.807, 2.05) is 30.3 Å². The lowest BCUT2D eigenvalue weighted by Gasteiger charge is -2.12. The maximum Gasteiger partial charge on any atom is 0.270 e. The minimum absolute atomic E-state index is 0.152. The quantitative estimate of drug-likeness (QED) is 0.696. The van der Waals surface area contributed by atoms with Crippen molar-refractivity contribution >= 4 is 32.4 Å². The lowest BCUT2D eigenvalue weighted by atomic mass is 10.1. The minimum Gasteiger partial charge on any atom is -0.301 e. The van der Waals surface area contributed by atoms with Gasteiger partial charge in [-0.15, -0.1) is 10.2 Å². The van der Waals surface area contributed by atoms with Gasteiger partial charge >= 0.3 is 0 Å². The second kappa shape index (κ2) is 8.32. The Kier molecular flexibility index (Phi) is 6.41. The maximum absolute atomic E-state index is 12.3. The number of nitrogens with one attached hydrogen (secondary N) is 2. The highest BCUT2D eigenvalue weighted by Crippen LogP contribution is 2.20. The third-order valence-corrected chi connectivity index (χ3v) is 6.06. The standard InChI is InChI=1S/C15H20N4O3S2/c1-3-13(20)16-14-17-18-15(23-14)24(21,22)19-11(2)9-10-12-7-5-4-6-8-12/h4-8,11,19H,3,9-10H2,1-2H3,(H,16,17,20)/t11-/m0/s1. The average molecular weight is 368 g/mol. The van der Waals surface area contributed by atoms with E-state index in [0.717, 1.165) is 23.3 Å². The van der Waals surface area contributed by atoms with Crippen LogP contribution in [0.15, 0.2) is 34.7 Å². The van der Waals surface area contributed by atoms with Crippen molar-refractivity contribution in [1.82, 2.24) is 14.9 Å². The van der Waals surface area contributed by atoms with E-state index in [-0.39, 0.29) is 27.8 Å². The molecule has 0 saturated heterocycles. The van der Waals surface area contributed by atoms with Crippen LogP contribution in [-0.4, -0.2) is 30.6 Å². The molecule has 1 aromatic heterocycles. The fourth-order valence-corrected chi connectivity index (χ4v) is 4.19. The number of hydrogen-bond acceptors (Lipinski definition) is 6. The van der Waals surface area contributed by atoms with Crippen LogP contribution < -0.4 is 10.0 Å². The molecule has 1 aromatic carbocycles. The summed E-state index contributed by atoms with van der Waals surface area (Å²) < 4.78 is 27.1. The summed E-state index contributed by atoms with van der Waals surface area (Å²) in [6.45, 7) is 3.51. The van der Waals surface area contributed by atoms with E-state index in [2.05, 4.69) is 20.2 Å². The molecule has 1 amide bonds. The first-order valence-corrected chi connectivity index (χ1v) is 9.90. The molecule has 0 aliphatic carbocycles. The molecule has 0 spiro atoms. The summed E-state index contributed by atoms with van der Waals surface area (Å²) in [5, 5.41) is 10.0. The number of sulfonamides is 1. The molecule has 24 heavy (non-hydrogen) atoms. The molecule has 1 heterocycles. The Hall–Kier alpha value is -1.84. The Morgan fingerprint density at radius 1 is 1.25 bits per heavy atom. The van der Waals surface area contributed by atoms with Crippen molar-refractivity contribution in [2.24, 2.45) is 0 Å². The smallest absolute Gasteiger partial charge is 0.270 e. The highest BCUT2D eigenvalue weighted by molar-refractivity contribution is 7.91. The topological polar surface area (TPSA) is 101 Å². The molecule has 0 aliphatic rings. The molecule has 0 bridgehead atoms. The van der Waals surface area contributed by atoms with E-state index < -0.39 is 10.0 Å². The van der Waals surface area contributed by atoms with Crippen molar-refractivity contribution in [3.8, 4) is 0 Å². The Labute approximate surface area is 145 Å². The Balaban J connectivity index is 1.93. The van der Waals surface area contributed by atoms with E-state index in [1.54, 1.807) is 13.8 Å². The van der Waals surface area contributed by atoms with Crippen molar-refractivity contribution in [1.29, 1.82) is 0 Å². The fraction of sp³-hybridized carbons (Fsp3) is 0.400. The van der Waals surface area contributed by atoms with Crippen LogP contribution in [0, 0.1) is 0 Å². The number of amides is 1. The number of benzene rings is 1. The Morgan fingerprint density at radius 3 is 2.62 bits per heavy atom. The van der Waals surface area contributed by atoms with Gasteiger partial charge in [0.2, 0.25) is 15.4 Å². The molecule has 7 nitrogen and oxygen atoms in total. The summed E-state index contributed by atoms with van der Waals surface area (Å²) in [6.07, 6.45) is 1.73. The predicted molar refractivity (Wildman–Crippen MR) is 93.4 cm³/mol. The number of hydrogen-bond donors (Lipinski definition) is 2. The molecule has 2 aromatic rings. The summed E-state index contributed by atoms with van der Waals surface area (Å²) in [5.74, 6) is -0.237. The van der Waals surface area contributed by atoms with Crippen molar-refractivity contribution < 1.29 is 13.2 Å². The number of nitrogens with zero attached hydrogens (tertiary/aromatic N) is 2. The number of rotatable bonds is 8. The van der Waals surface area contributed by atoms with Crippen molar-refractivity contribution in [3.05, 3.63) is 35.9 Å². The SMILES string of the molecule is CCC(=O)Nc1nnc(S(=O)(=O)N[C@@H](C)CCc2ccccc2)s1. The Morgan fingerprint density at radius 2 is 1.96 bits per heavy atom. The van der Waals surface area contributed by atoms with Gasteiger partial charge in [-0.3, -0.25) is 4.79 Å². The van der Waals surface area contributed by atoms with E-state index in [0.29, 0.717) is 6.42 Å². The molecule has 130 valence electrons. The average Bonchev–Trinajstić information content (AvgIpc) is 3.03. The van der Waals surface area contributed by atoms with Crippen LogP contribution in [0.2, 0.25) is 0 Å². The van der Waals surface area contributed by atoms with Crippen LogP contribution in [0.25, 0.3) is 0 Å². The van der Waals surface area contributed by atoms with Gasteiger partial charge < -0.3 is 5.32 Å². The van der Waals surface area contributed by atoms with Crippen LogP contribution in [0.1, 0.15) is 32.3 Å². The van der Waals surface area contributed by atoms with Crippen LogP contribution in [0.5, 0.6) is 0 Å². The fourth-order valence-electron chi connectivity index (χ4n) is 1.98. The van der Waals surface area contributed by atoms with Gasteiger partial charge in [0.1, 0.15) is 0 Å². The number of anilines is 1. The molecule has 0 aliphatic heterocycles. The summed E-state index contributed by atoms with van der Waals surface area (Å²) in [6, 6.07) is 9.63. The summed E-state index contributed by atoms with van der Waals surface area (Å²) in [4.78, 5) is 11.3. The Bertz CT molecular complexity index is 775. The van der Waals surface area contributed by atoms with Crippen LogP contribution in [0.4, 0.5) is 5.13 Å². The van der Waals surface area contributed by atoms with Gasteiger partial charge in [0.05, 0.1) is 0 Å². The second-order valence-corrected chi connectivity index (χ2v) is 8.19. The van der Waals surface area contributed by atoms with Crippen molar-refractivity contribution in [2.75, 3.05) is 5.32 Å². The molecular weight excluding hydrogens is 348 g/mol. The predicted octanol–water partition coefficient (Wildman–Crippen LogP) is 2.19. The van der Waals surface area contributed by atoms with Crippen molar-refractivity contribution in [2.45, 2.75) is 43.5 Å². The van der Waals surface area contributed by atoms with Crippen LogP contribution in [0.3, 0.4) is 0 Å².